The number of nitrogens with one attached hydrogen (secondary N) is 2. The van der Waals surface area contributed by atoms with Crippen LogP contribution in [0.15, 0.2) is 23.1 Å². The summed E-state index contributed by atoms with van der Waals surface area (Å²) in [6, 6.07) is 4.50. The van der Waals surface area contributed by atoms with Crippen molar-refractivity contribution in [2.45, 2.75) is 43.5 Å². The smallest absolute Gasteiger partial charge is 0.262 e. The summed E-state index contributed by atoms with van der Waals surface area (Å²) in [4.78, 5) is 11.5. The van der Waals surface area contributed by atoms with E-state index in [1.165, 1.54) is 12.1 Å². The van der Waals surface area contributed by atoms with Gasteiger partial charge in [0.1, 0.15) is 5.75 Å². The fraction of sp³-hybridized carbons (Fsp3) is 0.533. The van der Waals surface area contributed by atoms with Gasteiger partial charge in [0.15, 0.2) is 6.61 Å². The van der Waals surface area contributed by atoms with Gasteiger partial charge in [-0.15, -0.1) is 0 Å². The number of rotatable bonds is 3. The van der Waals surface area contributed by atoms with E-state index in [-0.39, 0.29) is 23.5 Å². The minimum atomic E-state index is -3.60. The number of sulfonamides is 1. The van der Waals surface area contributed by atoms with Crippen molar-refractivity contribution < 1.29 is 17.9 Å². The number of carbonyl (C=O) groups excluding carboxylic acids is 1. The lowest BCUT2D eigenvalue weighted by atomic mass is 9.87. The van der Waals surface area contributed by atoms with Gasteiger partial charge in [0.25, 0.3) is 5.91 Å². The lowest BCUT2D eigenvalue weighted by Crippen LogP contribution is -2.41. The van der Waals surface area contributed by atoms with Crippen LogP contribution in [0.3, 0.4) is 0 Å². The number of amides is 1. The highest BCUT2D eigenvalue weighted by molar-refractivity contribution is 7.89. The molecule has 7 heteroatoms. The summed E-state index contributed by atoms with van der Waals surface area (Å²) >= 11 is 0. The Morgan fingerprint density at radius 2 is 2.05 bits per heavy atom. The quantitative estimate of drug-likeness (QED) is 0.889. The van der Waals surface area contributed by atoms with Crippen LogP contribution < -0.4 is 14.8 Å². The van der Waals surface area contributed by atoms with Crippen molar-refractivity contribution >= 4 is 21.6 Å². The third-order valence-electron chi connectivity index (χ3n) is 4.31. The third-order valence-corrected chi connectivity index (χ3v) is 5.80. The molecule has 2 atom stereocenters. The molecule has 1 aromatic carbocycles. The lowest BCUT2D eigenvalue weighted by molar-refractivity contribution is -0.118. The van der Waals surface area contributed by atoms with Crippen molar-refractivity contribution in [2.24, 2.45) is 5.92 Å². The molecule has 2 aliphatic rings. The number of hydrogen-bond donors (Lipinski definition) is 2. The zero-order chi connectivity index (χ0) is 15.7. The Labute approximate surface area is 130 Å². The van der Waals surface area contributed by atoms with Gasteiger partial charge in [-0.2, -0.15) is 0 Å². The summed E-state index contributed by atoms with van der Waals surface area (Å²) in [5.41, 5.74) is 0.399. The maximum Gasteiger partial charge on any atom is 0.262 e. The van der Waals surface area contributed by atoms with Crippen LogP contribution in [-0.4, -0.2) is 27.0 Å². The Bertz CT molecular complexity index is 687. The van der Waals surface area contributed by atoms with E-state index in [1.54, 1.807) is 6.07 Å². The molecule has 0 radical (unpaired) electrons. The number of carbonyl (C=O) groups is 1. The van der Waals surface area contributed by atoms with Gasteiger partial charge in [-0.25, -0.2) is 13.1 Å². The summed E-state index contributed by atoms with van der Waals surface area (Å²) in [5, 5.41) is 2.63. The molecule has 1 aliphatic heterocycles. The minimum Gasteiger partial charge on any atom is -0.482 e. The molecule has 1 amide bonds. The molecule has 2 N–H and O–H groups in total. The standard InChI is InChI=1S/C15H20N2O4S/c1-10-4-2-3-5-12(10)17-22(19,20)11-6-7-14-13(8-11)16-15(18)9-21-14/h6-8,10,12,17H,2-5,9H2,1H3,(H,16,18)/t10-,12+/m0/s1. The van der Waals surface area contributed by atoms with Crippen LogP contribution in [0.1, 0.15) is 32.6 Å². The molecule has 6 nitrogen and oxygen atoms in total. The number of benzene rings is 1. The predicted octanol–water partition coefficient (Wildman–Crippen LogP) is 1.87. The van der Waals surface area contributed by atoms with Crippen molar-refractivity contribution in [2.75, 3.05) is 11.9 Å². The zero-order valence-corrected chi connectivity index (χ0v) is 13.3. The Morgan fingerprint density at radius 1 is 1.27 bits per heavy atom. The topological polar surface area (TPSA) is 84.5 Å². The minimum absolute atomic E-state index is 0.0272. The SMILES string of the molecule is C[C@H]1CCCC[C@H]1NS(=O)(=O)c1ccc2c(c1)NC(=O)CO2. The Kier molecular flexibility index (Phi) is 4.10. The first-order valence-corrected chi connectivity index (χ1v) is 9.03. The molecule has 3 rings (SSSR count). The Balaban J connectivity index is 1.83. The van der Waals surface area contributed by atoms with E-state index >= 15 is 0 Å². The van der Waals surface area contributed by atoms with Crippen molar-refractivity contribution in [1.82, 2.24) is 4.72 Å². The van der Waals surface area contributed by atoms with Crippen LogP contribution in [0.2, 0.25) is 0 Å². The maximum atomic E-state index is 12.5. The lowest BCUT2D eigenvalue weighted by Gasteiger charge is -2.29. The van der Waals surface area contributed by atoms with Gasteiger partial charge in [0.05, 0.1) is 10.6 Å². The molecule has 1 heterocycles. The molecule has 1 aliphatic carbocycles. The Hall–Kier alpha value is -1.60. The van der Waals surface area contributed by atoms with E-state index in [4.69, 9.17) is 4.74 Å². The van der Waals surface area contributed by atoms with Crippen LogP contribution in [0.4, 0.5) is 5.69 Å². The molecule has 0 aromatic heterocycles. The molecule has 22 heavy (non-hydrogen) atoms. The van der Waals surface area contributed by atoms with Gasteiger partial charge in [-0.3, -0.25) is 4.79 Å². The Morgan fingerprint density at radius 3 is 2.82 bits per heavy atom. The van der Waals surface area contributed by atoms with Gasteiger partial charge in [-0.1, -0.05) is 19.8 Å². The second-order valence-electron chi connectivity index (χ2n) is 5.98. The van der Waals surface area contributed by atoms with Crippen LogP contribution in [0, 0.1) is 5.92 Å². The molecule has 0 bridgehead atoms. The first kappa shape index (κ1) is 15.3. The number of fused-ring (bicyclic) bond motifs is 1. The highest BCUT2D eigenvalue weighted by Crippen LogP contribution is 2.31. The first-order valence-electron chi connectivity index (χ1n) is 7.55. The van der Waals surface area contributed by atoms with Crippen LogP contribution in [0.25, 0.3) is 0 Å². The fourth-order valence-corrected chi connectivity index (χ4v) is 4.39. The normalized spacial score (nSPS) is 25.0. The van der Waals surface area contributed by atoms with Gasteiger partial charge < -0.3 is 10.1 Å². The summed E-state index contributed by atoms with van der Waals surface area (Å²) in [6.07, 6.45) is 4.11. The first-order chi connectivity index (χ1) is 10.5. The average Bonchev–Trinajstić information content (AvgIpc) is 2.48. The third kappa shape index (κ3) is 3.10. The molecule has 1 aromatic rings. The highest BCUT2D eigenvalue weighted by atomic mass is 32.2. The van der Waals surface area contributed by atoms with E-state index in [9.17, 15) is 13.2 Å². The zero-order valence-electron chi connectivity index (χ0n) is 12.5. The van der Waals surface area contributed by atoms with E-state index in [0.29, 0.717) is 17.4 Å². The van der Waals surface area contributed by atoms with Gasteiger partial charge >= 0.3 is 0 Å². The molecule has 0 unspecified atom stereocenters. The van der Waals surface area contributed by atoms with Crippen LogP contribution in [-0.2, 0) is 14.8 Å². The monoisotopic (exact) mass is 324 g/mol. The van der Waals surface area contributed by atoms with E-state index in [1.807, 2.05) is 0 Å². The molecule has 0 saturated heterocycles. The second kappa shape index (κ2) is 5.89. The largest absolute Gasteiger partial charge is 0.482 e. The van der Waals surface area contributed by atoms with Crippen molar-refractivity contribution in [3.8, 4) is 5.75 Å². The van der Waals surface area contributed by atoms with Gasteiger partial charge in [0.2, 0.25) is 10.0 Å². The van der Waals surface area contributed by atoms with E-state index in [0.717, 1.165) is 25.7 Å². The molecule has 1 saturated carbocycles. The fourth-order valence-electron chi connectivity index (χ4n) is 2.99. The molecule has 0 spiro atoms. The maximum absolute atomic E-state index is 12.5. The van der Waals surface area contributed by atoms with Crippen molar-refractivity contribution in [3.05, 3.63) is 18.2 Å². The van der Waals surface area contributed by atoms with Crippen LogP contribution in [0.5, 0.6) is 5.75 Å². The van der Waals surface area contributed by atoms with Gasteiger partial charge in [-0.05, 0) is 37.0 Å². The highest BCUT2D eigenvalue weighted by Gasteiger charge is 2.27. The second-order valence-corrected chi connectivity index (χ2v) is 7.70. The number of ether oxygens (including phenoxy) is 1. The molecular formula is C15H20N2O4S. The molecule has 120 valence electrons. The summed E-state index contributed by atoms with van der Waals surface area (Å²) < 4.78 is 33.1. The van der Waals surface area contributed by atoms with Crippen molar-refractivity contribution in [1.29, 1.82) is 0 Å². The molecule has 1 fully saturated rings. The summed E-state index contributed by atoms with van der Waals surface area (Å²) in [6.45, 7) is 2.03. The van der Waals surface area contributed by atoms with E-state index in [2.05, 4.69) is 17.0 Å². The molecular weight excluding hydrogens is 304 g/mol. The number of hydrogen-bond acceptors (Lipinski definition) is 4. The van der Waals surface area contributed by atoms with Crippen molar-refractivity contribution in [3.63, 3.8) is 0 Å². The summed E-state index contributed by atoms with van der Waals surface area (Å²) in [7, 11) is -3.60. The van der Waals surface area contributed by atoms with E-state index < -0.39 is 10.0 Å². The number of anilines is 1. The predicted molar refractivity (Wildman–Crippen MR) is 82.3 cm³/mol. The average molecular weight is 324 g/mol. The van der Waals surface area contributed by atoms with Gasteiger partial charge in [0, 0.05) is 6.04 Å². The van der Waals surface area contributed by atoms with Crippen LogP contribution >= 0.6 is 0 Å². The summed E-state index contributed by atoms with van der Waals surface area (Å²) in [5.74, 6) is 0.546.